The summed E-state index contributed by atoms with van der Waals surface area (Å²) in [6.45, 7) is 1.39. The minimum Gasteiger partial charge on any atom is -0.481 e. The third kappa shape index (κ3) is 6.05. The van der Waals surface area contributed by atoms with Crippen LogP contribution >= 0.6 is 0 Å². The number of unbranched alkanes of at least 4 members (excludes halogenated alkanes) is 1. The molecule has 0 saturated carbocycles. The number of hydrogen-bond donors (Lipinski definition) is 4. The third-order valence-electron chi connectivity index (χ3n) is 2.78. The lowest BCUT2D eigenvalue weighted by Gasteiger charge is -2.15. The van der Waals surface area contributed by atoms with E-state index < -0.39 is 24.8 Å². The second kappa shape index (κ2) is 8.50. The molecular weight excluding hydrogens is 212 g/mol. The molecule has 5 heteroatoms. The third-order valence-corrected chi connectivity index (χ3v) is 2.78. The Morgan fingerprint density at radius 2 is 1.69 bits per heavy atom. The first kappa shape index (κ1) is 15.3. The van der Waals surface area contributed by atoms with Crippen LogP contribution in [0.5, 0.6) is 0 Å². The zero-order valence-electron chi connectivity index (χ0n) is 9.67. The smallest absolute Gasteiger partial charge is 0.306 e. The summed E-state index contributed by atoms with van der Waals surface area (Å²) in [7, 11) is 0. The molecule has 0 aromatic rings. The number of hydrogen-bond acceptors (Lipinski definition) is 4. The number of carboxylic acid groups (broad SMARTS) is 1. The molecule has 0 heterocycles. The Labute approximate surface area is 95.7 Å². The zero-order chi connectivity index (χ0) is 12.6. The van der Waals surface area contributed by atoms with Crippen molar-refractivity contribution in [2.45, 2.75) is 51.2 Å². The molecule has 0 aromatic heterocycles. The standard InChI is InChI=1S/C11H22O5/c1-2-8(11(15)16)5-3-4-6-9(13)10(14)7-12/h8-10,12-14H,2-7H2,1H3,(H,15,16). The molecule has 0 amide bonds. The van der Waals surface area contributed by atoms with Gasteiger partial charge in [0.2, 0.25) is 0 Å². The van der Waals surface area contributed by atoms with Gasteiger partial charge in [0.15, 0.2) is 0 Å². The van der Waals surface area contributed by atoms with Crippen molar-refractivity contribution in [1.82, 2.24) is 0 Å². The van der Waals surface area contributed by atoms with E-state index in [1.165, 1.54) is 0 Å². The van der Waals surface area contributed by atoms with Crippen molar-refractivity contribution in [2.75, 3.05) is 6.61 Å². The Bertz CT molecular complexity index is 195. The molecule has 0 aromatic carbocycles. The van der Waals surface area contributed by atoms with Gasteiger partial charge in [-0.1, -0.05) is 19.8 Å². The maximum absolute atomic E-state index is 10.7. The minimum atomic E-state index is -1.10. The molecular formula is C11H22O5. The summed E-state index contributed by atoms with van der Waals surface area (Å²) < 4.78 is 0. The summed E-state index contributed by atoms with van der Waals surface area (Å²) in [5.41, 5.74) is 0. The average Bonchev–Trinajstić information content (AvgIpc) is 2.27. The van der Waals surface area contributed by atoms with Crippen LogP contribution in [-0.2, 0) is 4.79 Å². The van der Waals surface area contributed by atoms with Crippen LogP contribution in [0.2, 0.25) is 0 Å². The second-order valence-corrected chi connectivity index (χ2v) is 4.05. The maximum Gasteiger partial charge on any atom is 0.306 e. The Morgan fingerprint density at radius 1 is 1.12 bits per heavy atom. The summed E-state index contributed by atoms with van der Waals surface area (Å²) >= 11 is 0. The van der Waals surface area contributed by atoms with E-state index in [1.54, 1.807) is 0 Å². The lowest BCUT2D eigenvalue weighted by atomic mass is 9.97. The summed E-state index contributed by atoms with van der Waals surface area (Å²) in [5.74, 6) is -1.10. The fourth-order valence-corrected chi connectivity index (χ4v) is 1.56. The fourth-order valence-electron chi connectivity index (χ4n) is 1.56. The molecule has 3 unspecified atom stereocenters. The molecule has 16 heavy (non-hydrogen) atoms. The molecule has 4 N–H and O–H groups in total. The number of rotatable bonds is 9. The predicted molar refractivity (Wildman–Crippen MR) is 59.0 cm³/mol. The van der Waals surface area contributed by atoms with Gasteiger partial charge >= 0.3 is 5.97 Å². The van der Waals surface area contributed by atoms with Gasteiger partial charge in [-0.25, -0.2) is 0 Å². The average molecular weight is 234 g/mol. The minimum absolute atomic E-state index is 0.320. The number of aliphatic carboxylic acids is 1. The van der Waals surface area contributed by atoms with E-state index in [2.05, 4.69) is 0 Å². The SMILES string of the molecule is CCC(CCCCC(O)C(O)CO)C(=O)O. The van der Waals surface area contributed by atoms with Gasteiger partial charge in [0.25, 0.3) is 0 Å². The molecule has 0 aliphatic carbocycles. The van der Waals surface area contributed by atoms with Crippen LogP contribution in [0.25, 0.3) is 0 Å². The van der Waals surface area contributed by atoms with Crippen LogP contribution in [0.3, 0.4) is 0 Å². The van der Waals surface area contributed by atoms with Crippen molar-refractivity contribution in [2.24, 2.45) is 5.92 Å². The fraction of sp³-hybridized carbons (Fsp3) is 0.909. The molecule has 5 nitrogen and oxygen atoms in total. The van der Waals surface area contributed by atoms with E-state index >= 15 is 0 Å². The molecule has 0 fully saturated rings. The van der Waals surface area contributed by atoms with Gasteiger partial charge in [-0.15, -0.1) is 0 Å². The number of carbonyl (C=O) groups is 1. The van der Waals surface area contributed by atoms with Crippen LogP contribution in [-0.4, -0.2) is 45.2 Å². The molecule has 0 radical (unpaired) electrons. The Morgan fingerprint density at radius 3 is 2.12 bits per heavy atom. The van der Waals surface area contributed by atoms with Crippen LogP contribution in [0.1, 0.15) is 39.0 Å². The van der Waals surface area contributed by atoms with Gasteiger partial charge in [-0.3, -0.25) is 4.79 Å². The summed E-state index contributed by atoms with van der Waals surface area (Å²) in [6.07, 6.45) is 0.932. The van der Waals surface area contributed by atoms with E-state index in [1.807, 2.05) is 6.92 Å². The number of aliphatic hydroxyl groups is 3. The Kier molecular flexibility index (Phi) is 8.15. The van der Waals surface area contributed by atoms with Crippen molar-refractivity contribution in [3.63, 3.8) is 0 Å². The number of carboxylic acids is 1. The van der Waals surface area contributed by atoms with E-state index in [4.69, 9.17) is 15.3 Å². The number of aliphatic hydroxyl groups excluding tert-OH is 3. The largest absolute Gasteiger partial charge is 0.481 e. The zero-order valence-corrected chi connectivity index (χ0v) is 9.67. The van der Waals surface area contributed by atoms with Gasteiger partial charge in [0, 0.05) is 0 Å². The highest BCUT2D eigenvalue weighted by molar-refractivity contribution is 5.69. The Balaban J connectivity index is 3.63. The van der Waals surface area contributed by atoms with Crippen molar-refractivity contribution >= 4 is 5.97 Å². The van der Waals surface area contributed by atoms with Crippen LogP contribution < -0.4 is 0 Å². The second-order valence-electron chi connectivity index (χ2n) is 4.05. The van der Waals surface area contributed by atoms with Gasteiger partial charge in [0.1, 0.15) is 6.10 Å². The molecule has 0 aliphatic rings. The quantitative estimate of drug-likeness (QED) is 0.432. The monoisotopic (exact) mass is 234 g/mol. The molecule has 96 valence electrons. The predicted octanol–water partition coefficient (Wildman–Crippen LogP) is 0.372. The summed E-state index contributed by atoms with van der Waals surface area (Å²) in [5, 5.41) is 35.8. The highest BCUT2D eigenvalue weighted by Crippen LogP contribution is 2.15. The van der Waals surface area contributed by atoms with Gasteiger partial charge in [0.05, 0.1) is 18.6 Å². The van der Waals surface area contributed by atoms with Crippen LogP contribution in [0, 0.1) is 5.92 Å². The first-order chi connectivity index (χ1) is 7.52. The topological polar surface area (TPSA) is 98.0 Å². The molecule has 0 bridgehead atoms. The highest BCUT2D eigenvalue weighted by Gasteiger charge is 2.16. The van der Waals surface area contributed by atoms with Gasteiger partial charge in [-0.2, -0.15) is 0 Å². The van der Waals surface area contributed by atoms with E-state index in [9.17, 15) is 9.90 Å². The summed E-state index contributed by atoms with van der Waals surface area (Å²) in [6, 6.07) is 0. The van der Waals surface area contributed by atoms with Gasteiger partial charge < -0.3 is 20.4 Å². The molecule has 0 saturated heterocycles. The highest BCUT2D eigenvalue weighted by atomic mass is 16.4. The normalized spacial score (nSPS) is 16.8. The first-order valence-corrected chi connectivity index (χ1v) is 5.72. The lowest BCUT2D eigenvalue weighted by molar-refractivity contribution is -0.142. The molecule has 3 atom stereocenters. The maximum atomic E-state index is 10.7. The van der Waals surface area contributed by atoms with Crippen molar-refractivity contribution < 1.29 is 25.2 Å². The molecule has 0 spiro atoms. The Hall–Kier alpha value is -0.650. The van der Waals surface area contributed by atoms with Crippen molar-refractivity contribution in [3.8, 4) is 0 Å². The van der Waals surface area contributed by atoms with E-state index in [0.717, 1.165) is 0 Å². The van der Waals surface area contributed by atoms with E-state index in [-0.39, 0.29) is 5.92 Å². The van der Waals surface area contributed by atoms with Crippen molar-refractivity contribution in [1.29, 1.82) is 0 Å². The lowest BCUT2D eigenvalue weighted by Crippen LogP contribution is -2.29. The van der Waals surface area contributed by atoms with Crippen LogP contribution in [0.15, 0.2) is 0 Å². The van der Waals surface area contributed by atoms with Gasteiger partial charge in [-0.05, 0) is 19.3 Å². The van der Waals surface area contributed by atoms with Crippen molar-refractivity contribution in [3.05, 3.63) is 0 Å². The molecule has 0 rings (SSSR count). The van der Waals surface area contributed by atoms with Crippen LogP contribution in [0.4, 0.5) is 0 Å². The first-order valence-electron chi connectivity index (χ1n) is 5.72. The molecule has 0 aliphatic heterocycles. The summed E-state index contributed by atoms with van der Waals surface area (Å²) in [4.78, 5) is 10.7. The van der Waals surface area contributed by atoms with E-state index in [0.29, 0.717) is 32.1 Å².